The first-order valence-electron chi connectivity index (χ1n) is 8.41. The van der Waals surface area contributed by atoms with Gasteiger partial charge in [0, 0.05) is 17.6 Å². The van der Waals surface area contributed by atoms with Gasteiger partial charge in [0.15, 0.2) is 5.84 Å². The highest BCUT2D eigenvalue weighted by atomic mass is 32.2. The Balaban J connectivity index is 1.70. The molecule has 1 amide bonds. The number of carbonyl (C=O) groups excluding carboxylic acids is 1. The van der Waals surface area contributed by atoms with Crippen LogP contribution in [-0.4, -0.2) is 38.6 Å². The second-order valence-corrected chi connectivity index (χ2v) is 6.91. The van der Waals surface area contributed by atoms with Crippen molar-refractivity contribution in [1.82, 2.24) is 9.58 Å². The van der Waals surface area contributed by atoms with Gasteiger partial charge >= 0.3 is 0 Å². The molecule has 1 aromatic carbocycles. The van der Waals surface area contributed by atoms with Crippen molar-refractivity contribution in [2.24, 2.45) is 10.1 Å². The maximum absolute atomic E-state index is 12.5. The fraction of sp³-hybridized carbons (Fsp3) is 0.158. The van der Waals surface area contributed by atoms with E-state index in [1.54, 1.807) is 13.2 Å². The highest BCUT2D eigenvalue weighted by Gasteiger charge is 2.35. The predicted molar refractivity (Wildman–Crippen MR) is 108 cm³/mol. The molecule has 3 heterocycles. The summed E-state index contributed by atoms with van der Waals surface area (Å²) in [6.45, 7) is 1.98. The Hall–Kier alpha value is -3.13. The first-order valence-corrected chi connectivity index (χ1v) is 9.23. The number of nitrogens with zero attached hydrogens (tertiary/aromatic N) is 4. The second kappa shape index (κ2) is 6.88. The summed E-state index contributed by atoms with van der Waals surface area (Å²) >= 11 is 1.34. The van der Waals surface area contributed by atoms with E-state index in [2.05, 4.69) is 10.1 Å². The Kier molecular flexibility index (Phi) is 4.41. The maximum Gasteiger partial charge on any atom is 0.283 e. The number of benzene rings is 1. The number of rotatable bonds is 4. The fourth-order valence-corrected chi connectivity index (χ4v) is 3.64. The minimum absolute atomic E-state index is 0.0448. The second-order valence-electron chi connectivity index (χ2n) is 5.87. The Morgan fingerprint density at radius 3 is 2.74 bits per heavy atom. The third-order valence-corrected chi connectivity index (χ3v) is 5.27. The quantitative estimate of drug-likeness (QED) is 0.824. The van der Waals surface area contributed by atoms with Crippen molar-refractivity contribution < 1.29 is 9.53 Å². The van der Waals surface area contributed by atoms with Crippen LogP contribution in [0, 0.1) is 5.41 Å². The molecule has 1 aromatic heterocycles. The zero-order valence-electron chi connectivity index (χ0n) is 14.8. The molecule has 0 radical (unpaired) electrons. The Bertz CT molecular complexity index is 1020. The molecular weight excluding hydrogens is 362 g/mol. The minimum atomic E-state index is -0.422. The van der Waals surface area contributed by atoms with Crippen molar-refractivity contribution in [2.45, 2.75) is 13.3 Å². The zero-order chi connectivity index (χ0) is 19.0. The standard InChI is InChI=1S/C19H17N5O2S/c1-3-16-22-24-17(20)15(18(25)21-19(24)27-16)11-13-5-4-10-23(13)12-6-8-14(26-2)9-7-12/h4-11,20H,3H2,1-2H3. The number of hydrogen-bond acceptors (Lipinski definition) is 5. The maximum atomic E-state index is 12.5. The van der Waals surface area contributed by atoms with E-state index in [9.17, 15) is 4.79 Å². The predicted octanol–water partition coefficient (Wildman–Crippen LogP) is 3.52. The summed E-state index contributed by atoms with van der Waals surface area (Å²) in [5.41, 5.74) is 1.92. The fourth-order valence-electron chi connectivity index (χ4n) is 2.81. The van der Waals surface area contributed by atoms with Crippen LogP contribution in [0.25, 0.3) is 11.8 Å². The van der Waals surface area contributed by atoms with Crippen LogP contribution in [0.4, 0.5) is 0 Å². The van der Waals surface area contributed by atoms with Crippen molar-refractivity contribution in [3.05, 3.63) is 53.9 Å². The van der Waals surface area contributed by atoms with Crippen molar-refractivity contribution in [1.29, 1.82) is 5.41 Å². The van der Waals surface area contributed by atoms with Gasteiger partial charge in [-0.2, -0.15) is 15.1 Å². The van der Waals surface area contributed by atoms with Crippen LogP contribution in [0.15, 0.2) is 58.3 Å². The molecule has 0 atom stereocenters. The summed E-state index contributed by atoms with van der Waals surface area (Å²) < 4.78 is 7.13. The third kappa shape index (κ3) is 3.08. The van der Waals surface area contributed by atoms with E-state index in [0.717, 1.165) is 28.6 Å². The molecule has 0 aliphatic carbocycles. The van der Waals surface area contributed by atoms with Crippen LogP contribution in [0.5, 0.6) is 5.75 Å². The highest BCUT2D eigenvalue weighted by molar-refractivity contribution is 8.26. The van der Waals surface area contributed by atoms with Gasteiger partial charge in [0.1, 0.15) is 10.8 Å². The summed E-state index contributed by atoms with van der Waals surface area (Å²) in [5.74, 6) is 0.394. The average molecular weight is 379 g/mol. The normalized spacial score (nSPS) is 17.9. The lowest BCUT2D eigenvalue weighted by Gasteiger charge is -2.20. The van der Waals surface area contributed by atoms with Crippen molar-refractivity contribution in [3.8, 4) is 11.4 Å². The van der Waals surface area contributed by atoms with Gasteiger partial charge in [0.25, 0.3) is 5.91 Å². The summed E-state index contributed by atoms with van der Waals surface area (Å²) in [6.07, 6.45) is 4.32. The smallest absolute Gasteiger partial charge is 0.283 e. The molecule has 8 heteroatoms. The Labute approximate surface area is 160 Å². The number of nitrogens with one attached hydrogen (secondary N) is 1. The van der Waals surface area contributed by atoms with Crippen molar-refractivity contribution >= 4 is 39.8 Å². The van der Waals surface area contributed by atoms with Gasteiger partial charge in [-0.15, -0.1) is 0 Å². The summed E-state index contributed by atoms with van der Waals surface area (Å²) in [6, 6.07) is 11.4. The van der Waals surface area contributed by atoms with Crippen LogP contribution < -0.4 is 4.74 Å². The number of ether oxygens (including phenoxy) is 1. The van der Waals surface area contributed by atoms with Crippen LogP contribution >= 0.6 is 11.8 Å². The molecule has 0 saturated heterocycles. The molecule has 2 aromatic rings. The van der Waals surface area contributed by atoms with Crippen LogP contribution in [-0.2, 0) is 4.79 Å². The first-order chi connectivity index (χ1) is 13.1. The van der Waals surface area contributed by atoms with E-state index in [-0.39, 0.29) is 11.4 Å². The van der Waals surface area contributed by atoms with Crippen LogP contribution in [0.1, 0.15) is 19.0 Å². The molecule has 4 rings (SSSR count). The molecule has 0 unspecified atom stereocenters. The average Bonchev–Trinajstić information content (AvgIpc) is 3.32. The molecule has 0 spiro atoms. The van der Waals surface area contributed by atoms with Gasteiger partial charge in [-0.05, 0) is 60.7 Å². The van der Waals surface area contributed by atoms with E-state index in [1.807, 2.05) is 54.1 Å². The van der Waals surface area contributed by atoms with Gasteiger partial charge in [0.2, 0.25) is 5.17 Å². The third-order valence-electron chi connectivity index (χ3n) is 4.22. The molecule has 136 valence electrons. The Morgan fingerprint density at radius 2 is 2.04 bits per heavy atom. The molecule has 27 heavy (non-hydrogen) atoms. The van der Waals surface area contributed by atoms with Crippen molar-refractivity contribution in [3.63, 3.8) is 0 Å². The number of aromatic nitrogens is 1. The van der Waals surface area contributed by atoms with Crippen molar-refractivity contribution in [2.75, 3.05) is 7.11 Å². The topological polar surface area (TPSA) is 83.0 Å². The van der Waals surface area contributed by atoms with E-state index >= 15 is 0 Å². The molecule has 2 aliphatic heterocycles. The summed E-state index contributed by atoms with van der Waals surface area (Å²) in [4.78, 5) is 16.6. The van der Waals surface area contributed by atoms with Gasteiger partial charge in [0.05, 0.1) is 12.7 Å². The summed E-state index contributed by atoms with van der Waals surface area (Å²) in [7, 11) is 1.62. The number of thioether (sulfide) groups is 1. The van der Waals surface area contributed by atoms with Gasteiger partial charge in [-0.1, -0.05) is 6.92 Å². The molecule has 1 N–H and O–H groups in total. The van der Waals surface area contributed by atoms with Gasteiger partial charge in [-0.25, -0.2) is 0 Å². The van der Waals surface area contributed by atoms with Gasteiger partial charge < -0.3 is 9.30 Å². The first kappa shape index (κ1) is 17.3. The molecule has 0 saturated carbocycles. The lowest BCUT2D eigenvalue weighted by atomic mass is 10.1. The van der Waals surface area contributed by atoms with E-state index in [1.165, 1.54) is 16.8 Å². The number of carbonyl (C=O) groups is 1. The zero-order valence-corrected chi connectivity index (χ0v) is 15.7. The molecule has 7 nitrogen and oxygen atoms in total. The molecular formula is C19H17N5O2S. The van der Waals surface area contributed by atoms with Gasteiger partial charge in [-0.3, -0.25) is 10.2 Å². The lowest BCUT2D eigenvalue weighted by molar-refractivity contribution is -0.114. The SMILES string of the molecule is CCC1=NN2C(=N)C(=Cc3cccn3-c3ccc(OC)cc3)C(=O)N=C2S1. The largest absolute Gasteiger partial charge is 0.497 e. The number of fused-ring (bicyclic) bond motifs is 1. The number of methoxy groups -OCH3 is 1. The molecule has 0 bridgehead atoms. The van der Waals surface area contributed by atoms with E-state index in [0.29, 0.717) is 5.17 Å². The Morgan fingerprint density at radius 1 is 1.26 bits per heavy atom. The number of amides is 1. The molecule has 2 aliphatic rings. The summed E-state index contributed by atoms with van der Waals surface area (Å²) in [5, 5.41) is 15.5. The molecule has 0 fully saturated rings. The van der Waals surface area contributed by atoms with E-state index in [4.69, 9.17) is 10.1 Å². The lowest BCUT2D eigenvalue weighted by Crippen LogP contribution is -2.35. The van der Waals surface area contributed by atoms with E-state index < -0.39 is 5.91 Å². The monoisotopic (exact) mass is 379 g/mol. The number of hydrogen-bond donors (Lipinski definition) is 1. The minimum Gasteiger partial charge on any atom is -0.497 e. The number of aliphatic imine (C=N–C) groups is 1. The highest BCUT2D eigenvalue weighted by Crippen LogP contribution is 2.29. The van der Waals surface area contributed by atoms with Crippen LogP contribution in [0.3, 0.4) is 0 Å². The van der Waals surface area contributed by atoms with Crippen LogP contribution in [0.2, 0.25) is 0 Å². The number of amidine groups is 2. The number of hydrazone groups is 1.